The first-order chi connectivity index (χ1) is 10.8. The maximum Gasteiger partial charge on any atom is 0.222 e. The Morgan fingerprint density at radius 3 is 2.82 bits per heavy atom. The molecule has 1 N–H and O–H groups in total. The average Bonchev–Trinajstić information content (AvgIpc) is 3.19. The molecule has 0 aliphatic carbocycles. The number of aryl methyl sites for hydroxylation is 1. The van der Waals surface area contributed by atoms with Gasteiger partial charge in [0.1, 0.15) is 12.7 Å². The highest BCUT2D eigenvalue weighted by Crippen LogP contribution is 2.19. The molecule has 7 heteroatoms. The van der Waals surface area contributed by atoms with E-state index in [-0.39, 0.29) is 11.9 Å². The Labute approximate surface area is 128 Å². The summed E-state index contributed by atoms with van der Waals surface area (Å²) in [4.78, 5) is 16.1. The summed E-state index contributed by atoms with van der Waals surface area (Å²) >= 11 is 0. The molecular weight excluding hydrogens is 282 g/mol. The van der Waals surface area contributed by atoms with Crippen LogP contribution in [0.3, 0.4) is 0 Å². The number of carbonyl (C=O) groups is 1. The lowest BCUT2D eigenvalue weighted by atomic mass is 9.95. The largest absolute Gasteiger partial charge is 0.379 e. The number of hydrogen-bond donors (Lipinski definition) is 1. The molecule has 1 aliphatic rings. The van der Waals surface area contributed by atoms with E-state index in [0.29, 0.717) is 32.1 Å². The molecule has 2 atom stereocenters. The van der Waals surface area contributed by atoms with Crippen LogP contribution in [0.4, 0.5) is 0 Å². The number of aromatic nitrogens is 4. The lowest BCUT2D eigenvalue weighted by Gasteiger charge is -2.19. The summed E-state index contributed by atoms with van der Waals surface area (Å²) in [7, 11) is 0. The number of ether oxygens (including phenoxy) is 1. The maximum atomic E-state index is 12.1. The fraction of sp³-hybridized carbons (Fsp3) is 0.467. The first kappa shape index (κ1) is 14.6. The quantitative estimate of drug-likeness (QED) is 0.837. The van der Waals surface area contributed by atoms with Crippen LogP contribution in [-0.2, 0) is 22.5 Å². The van der Waals surface area contributed by atoms with Crippen LogP contribution in [0.15, 0.2) is 37.2 Å². The number of rotatable bonds is 6. The van der Waals surface area contributed by atoms with Crippen LogP contribution in [0.25, 0.3) is 0 Å². The highest BCUT2D eigenvalue weighted by molar-refractivity contribution is 5.76. The van der Waals surface area contributed by atoms with Crippen molar-refractivity contribution in [1.29, 1.82) is 0 Å². The Bertz CT molecular complexity index is 587. The molecule has 1 fully saturated rings. The predicted molar refractivity (Wildman–Crippen MR) is 78.8 cm³/mol. The van der Waals surface area contributed by atoms with E-state index < -0.39 is 0 Å². The monoisotopic (exact) mass is 301 g/mol. The minimum Gasteiger partial charge on any atom is -0.379 e. The van der Waals surface area contributed by atoms with Gasteiger partial charge in [-0.1, -0.05) is 0 Å². The van der Waals surface area contributed by atoms with Crippen LogP contribution in [0.5, 0.6) is 0 Å². The zero-order valence-corrected chi connectivity index (χ0v) is 12.3. The van der Waals surface area contributed by atoms with Crippen molar-refractivity contribution in [2.24, 2.45) is 5.92 Å². The summed E-state index contributed by atoms with van der Waals surface area (Å²) in [6, 6.07) is 4.08. The molecule has 0 unspecified atom stereocenters. The van der Waals surface area contributed by atoms with E-state index >= 15 is 0 Å². The van der Waals surface area contributed by atoms with Crippen LogP contribution in [0, 0.1) is 5.92 Å². The summed E-state index contributed by atoms with van der Waals surface area (Å²) in [6.45, 7) is 1.84. The molecule has 3 rings (SSSR count). The van der Waals surface area contributed by atoms with Crippen molar-refractivity contribution in [3.05, 3.63) is 42.7 Å². The molecule has 1 saturated heterocycles. The van der Waals surface area contributed by atoms with Gasteiger partial charge in [0.2, 0.25) is 5.91 Å². The van der Waals surface area contributed by atoms with Crippen molar-refractivity contribution in [1.82, 2.24) is 25.1 Å². The van der Waals surface area contributed by atoms with Crippen LogP contribution < -0.4 is 5.32 Å². The third-order valence-electron chi connectivity index (χ3n) is 3.86. The fourth-order valence-electron chi connectivity index (χ4n) is 2.63. The predicted octanol–water partition coefficient (Wildman–Crippen LogP) is 0.437. The van der Waals surface area contributed by atoms with E-state index in [2.05, 4.69) is 20.5 Å². The summed E-state index contributed by atoms with van der Waals surface area (Å²) < 4.78 is 7.33. The zero-order valence-electron chi connectivity index (χ0n) is 12.3. The van der Waals surface area contributed by atoms with Crippen molar-refractivity contribution in [3.8, 4) is 0 Å². The van der Waals surface area contributed by atoms with E-state index in [1.165, 1.54) is 5.56 Å². The van der Waals surface area contributed by atoms with Crippen LogP contribution in [0.1, 0.15) is 12.0 Å². The van der Waals surface area contributed by atoms with Crippen molar-refractivity contribution in [2.75, 3.05) is 13.2 Å². The maximum absolute atomic E-state index is 12.1. The Hall–Kier alpha value is -2.28. The molecule has 3 heterocycles. The van der Waals surface area contributed by atoms with E-state index in [4.69, 9.17) is 4.74 Å². The van der Waals surface area contributed by atoms with Gasteiger partial charge in [0.15, 0.2) is 0 Å². The van der Waals surface area contributed by atoms with Gasteiger partial charge in [-0.05, 0) is 24.1 Å². The molecule has 7 nitrogen and oxygen atoms in total. The Balaban J connectivity index is 1.49. The van der Waals surface area contributed by atoms with Gasteiger partial charge in [-0.2, -0.15) is 0 Å². The number of pyridine rings is 1. The minimum absolute atomic E-state index is 0.0314. The van der Waals surface area contributed by atoms with Gasteiger partial charge in [-0.15, -0.1) is 10.2 Å². The van der Waals surface area contributed by atoms with Gasteiger partial charge in [-0.25, -0.2) is 0 Å². The normalized spacial score (nSPS) is 20.9. The summed E-state index contributed by atoms with van der Waals surface area (Å²) in [5, 5.41) is 10.5. The smallest absolute Gasteiger partial charge is 0.222 e. The van der Waals surface area contributed by atoms with Gasteiger partial charge in [0, 0.05) is 31.3 Å². The Morgan fingerprint density at radius 1 is 1.27 bits per heavy atom. The van der Waals surface area contributed by atoms with Gasteiger partial charge >= 0.3 is 0 Å². The van der Waals surface area contributed by atoms with Gasteiger partial charge in [-0.3, -0.25) is 9.78 Å². The van der Waals surface area contributed by atoms with Crippen LogP contribution in [0.2, 0.25) is 0 Å². The van der Waals surface area contributed by atoms with Gasteiger partial charge in [0.05, 0.1) is 19.3 Å². The van der Waals surface area contributed by atoms with E-state index in [9.17, 15) is 4.79 Å². The molecule has 116 valence electrons. The third-order valence-corrected chi connectivity index (χ3v) is 3.86. The first-order valence-corrected chi connectivity index (χ1v) is 7.39. The molecule has 0 bridgehead atoms. The second-order valence-corrected chi connectivity index (χ2v) is 5.48. The van der Waals surface area contributed by atoms with Crippen molar-refractivity contribution < 1.29 is 9.53 Å². The zero-order chi connectivity index (χ0) is 15.2. The molecular formula is C15H19N5O2. The topological polar surface area (TPSA) is 81.9 Å². The van der Waals surface area contributed by atoms with Gasteiger partial charge < -0.3 is 14.6 Å². The van der Waals surface area contributed by atoms with Gasteiger partial charge in [0.25, 0.3) is 0 Å². The van der Waals surface area contributed by atoms with Crippen molar-refractivity contribution >= 4 is 5.91 Å². The number of carbonyl (C=O) groups excluding carboxylic acids is 1. The minimum atomic E-state index is 0.0314. The number of hydrogen-bond acceptors (Lipinski definition) is 5. The van der Waals surface area contributed by atoms with Crippen molar-refractivity contribution in [2.45, 2.75) is 25.4 Å². The molecule has 0 aromatic carbocycles. The molecule has 1 amide bonds. The van der Waals surface area contributed by atoms with E-state index in [1.807, 2.05) is 12.1 Å². The molecule has 2 aromatic rings. The lowest BCUT2D eigenvalue weighted by Crippen LogP contribution is -2.40. The first-order valence-electron chi connectivity index (χ1n) is 7.39. The summed E-state index contributed by atoms with van der Waals surface area (Å²) in [5.41, 5.74) is 1.22. The Kier molecular flexibility index (Phi) is 4.75. The second-order valence-electron chi connectivity index (χ2n) is 5.48. The summed E-state index contributed by atoms with van der Waals surface area (Å²) in [6.07, 6.45) is 8.10. The standard InChI is InChI=1S/C15H19N5O2/c21-15(3-6-20-10-17-18-11-20)19-14-9-22-8-13(14)7-12-1-4-16-5-2-12/h1-2,4-5,10-11,13-14H,3,6-9H2,(H,19,21)/t13-,14+/m1/s1. The Morgan fingerprint density at radius 2 is 2.05 bits per heavy atom. The molecule has 22 heavy (non-hydrogen) atoms. The third kappa shape index (κ3) is 3.88. The molecule has 1 aliphatic heterocycles. The molecule has 0 radical (unpaired) electrons. The second kappa shape index (κ2) is 7.13. The fourth-order valence-corrected chi connectivity index (χ4v) is 2.63. The van der Waals surface area contributed by atoms with E-state index in [0.717, 1.165) is 6.42 Å². The van der Waals surface area contributed by atoms with E-state index in [1.54, 1.807) is 29.6 Å². The van der Waals surface area contributed by atoms with Crippen molar-refractivity contribution in [3.63, 3.8) is 0 Å². The molecule has 0 saturated carbocycles. The summed E-state index contributed by atoms with van der Waals surface area (Å²) in [5.74, 6) is 0.338. The molecule has 0 spiro atoms. The van der Waals surface area contributed by atoms with Crippen LogP contribution in [-0.4, -0.2) is 44.9 Å². The lowest BCUT2D eigenvalue weighted by molar-refractivity contribution is -0.122. The number of nitrogens with one attached hydrogen (secondary N) is 1. The highest BCUT2D eigenvalue weighted by atomic mass is 16.5. The highest BCUT2D eigenvalue weighted by Gasteiger charge is 2.29. The molecule has 2 aromatic heterocycles. The number of amides is 1. The number of nitrogens with zero attached hydrogens (tertiary/aromatic N) is 4. The van der Waals surface area contributed by atoms with Crippen LogP contribution >= 0.6 is 0 Å². The average molecular weight is 301 g/mol. The SMILES string of the molecule is O=C(CCn1cnnc1)N[C@H]1COC[C@H]1Cc1ccncc1.